The number of aromatic nitrogens is 4. The quantitative estimate of drug-likeness (QED) is 0.711. The van der Waals surface area contributed by atoms with Crippen molar-refractivity contribution < 1.29 is 9.18 Å². The molecule has 1 amide bonds. The number of hydrogen-bond acceptors (Lipinski definition) is 6. The number of amides is 1. The van der Waals surface area contributed by atoms with E-state index in [2.05, 4.69) is 20.4 Å². The van der Waals surface area contributed by atoms with Gasteiger partial charge in [0.2, 0.25) is 11.1 Å². The molecule has 1 saturated heterocycles. The minimum Gasteiger partial charge on any atom is -0.341 e. The Kier molecular flexibility index (Phi) is 6.56. The molecule has 1 aliphatic heterocycles. The zero-order valence-corrected chi connectivity index (χ0v) is 15.7. The first-order valence-corrected chi connectivity index (χ1v) is 9.70. The summed E-state index contributed by atoms with van der Waals surface area (Å²) in [6, 6.07) is 6.63. The van der Waals surface area contributed by atoms with E-state index in [0.29, 0.717) is 12.2 Å². The van der Waals surface area contributed by atoms with Gasteiger partial charge in [0, 0.05) is 51.9 Å². The highest BCUT2D eigenvalue weighted by molar-refractivity contribution is 7.99. The number of nitrogens with zero attached hydrogens (tertiary/aromatic N) is 6. The molecular formula is C17H23FN6OS. The van der Waals surface area contributed by atoms with Crippen LogP contribution in [0.3, 0.4) is 0 Å². The standard InChI is InChI=1S/C17H23FN6OS/c1-22-17(19-20-21-22)26-12-7-16(25)24-9-2-8-23(10-11-24)13-14-3-5-15(18)6-4-14/h3-6H,2,7-13H2,1H3. The van der Waals surface area contributed by atoms with Gasteiger partial charge in [0.25, 0.3) is 0 Å². The molecule has 140 valence electrons. The monoisotopic (exact) mass is 378 g/mol. The lowest BCUT2D eigenvalue weighted by Gasteiger charge is -2.22. The Bertz CT molecular complexity index is 722. The minimum absolute atomic E-state index is 0.177. The second kappa shape index (κ2) is 9.09. The van der Waals surface area contributed by atoms with Crippen molar-refractivity contribution in [1.82, 2.24) is 30.0 Å². The molecule has 0 unspecified atom stereocenters. The van der Waals surface area contributed by atoms with E-state index in [0.717, 1.165) is 49.9 Å². The SMILES string of the molecule is Cn1nnnc1SCCC(=O)N1CCCN(Cc2ccc(F)cc2)CC1. The van der Waals surface area contributed by atoms with Gasteiger partial charge in [-0.3, -0.25) is 9.69 Å². The fraction of sp³-hybridized carbons (Fsp3) is 0.529. The summed E-state index contributed by atoms with van der Waals surface area (Å²) in [5.41, 5.74) is 1.10. The van der Waals surface area contributed by atoms with Crippen LogP contribution in [0.5, 0.6) is 0 Å². The Morgan fingerprint density at radius 3 is 2.73 bits per heavy atom. The predicted octanol–water partition coefficient (Wildman–Crippen LogP) is 1.57. The maximum Gasteiger partial charge on any atom is 0.223 e. The van der Waals surface area contributed by atoms with Gasteiger partial charge in [0.15, 0.2) is 0 Å². The Hall–Kier alpha value is -2.00. The average Bonchev–Trinajstić information content (AvgIpc) is 2.90. The first-order valence-electron chi connectivity index (χ1n) is 8.71. The molecule has 0 spiro atoms. The predicted molar refractivity (Wildman–Crippen MR) is 97.0 cm³/mol. The fourth-order valence-electron chi connectivity index (χ4n) is 2.96. The summed E-state index contributed by atoms with van der Waals surface area (Å²) in [5, 5.41) is 12.0. The van der Waals surface area contributed by atoms with Gasteiger partial charge in [-0.25, -0.2) is 9.07 Å². The first-order chi connectivity index (χ1) is 12.6. The van der Waals surface area contributed by atoms with Crippen LogP contribution < -0.4 is 0 Å². The Balaban J connectivity index is 1.43. The van der Waals surface area contributed by atoms with E-state index >= 15 is 0 Å². The number of carbonyl (C=O) groups excluding carboxylic acids is 1. The van der Waals surface area contributed by atoms with Crippen LogP contribution in [0.2, 0.25) is 0 Å². The van der Waals surface area contributed by atoms with Gasteiger partial charge in [-0.15, -0.1) is 5.10 Å². The average molecular weight is 378 g/mol. The molecule has 0 bridgehead atoms. The van der Waals surface area contributed by atoms with Crippen LogP contribution >= 0.6 is 11.8 Å². The van der Waals surface area contributed by atoms with Gasteiger partial charge in [0.1, 0.15) is 5.82 Å². The topological polar surface area (TPSA) is 67.2 Å². The van der Waals surface area contributed by atoms with Crippen LogP contribution in [0.1, 0.15) is 18.4 Å². The number of benzene rings is 1. The highest BCUT2D eigenvalue weighted by Gasteiger charge is 2.19. The maximum atomic E-state index is 13.0. The van der Waals surface area contributed by atoms with Crippen LogP contribution in [0, 0.1) is 5.82 Å². The van der Waals surface area contributed by atoms with Crippen LogP contribution in [0.15, 0.2) is 29.4 Å². The molecule has 3 rings (SSSR count). The van der Waals surface area contributed by atoms with Gasteiger partial charge in [0.05, 0.1) is 0 Å². The highest BCUT2D eigenvalue weighted by atomic mass is 32.2. The molecule has 0 saturated carbocycles. The summed E-state index contributed by atoms with van der Waals surface area (Å²) in [4.78, 5) is 16.7. The number of rotatable bonds is 6. The Labute approximate surface area is 156 Å². The molecule has 0 aliphatic carbocycles. The number of carbonyl (C=O) groups is 1. The van der Waals surface area contributed by atoms with E-state index in [1.807, 2.05) is 17.0 Å². The molecule has 1 fully saturated rings. The number of halogens is 1. The summed E-state index contributed by atoms with van der Waals surface area (Å²) in [5.74, 6) is 0.635. The van der Waals surface area contributed by atoms with E-state index < -0.39 is 0 Å². The van der Waals surface area contributed by atoms with Gasteiger partial charge in [-0.05, 0) is 34.5 Å². The molecule has 26 heavy (non-hydrogen) atoms. The highest BCUT2D eigenvalue weighted by Crippen LogP contribution is 2.15. The van der Waals surface area contributed by atoms with Crippen LogP contribution in [-0.2, 0) is 18.4 Å². The molecule has 0 atom stereocenters. The second-order valence-corrected chi connectivity index (χ2v) is 7.38. The smallest absolute Gasteiger partial charge is 0.223 e. The summed E-state index contributed by atoms with van der Waals surface area (Å²) in [6.07, 6.45) is 1.43. The molecule has 9 heteroatoms. The van der Waals surface area contributed by atoms with Gasteiger partial charge in [-0.1, -0.05) is 23.9 Å². The van der Waals surface area contributed by atoms with Crippen LogP contribution in [-0.4, -0.2) is 67.8 Å². The van der Waals surface area contributed by atoms with Crippen LogP contribution in [0.4, 0.5) is 4.39 Å². The summed E-state index contributed by atoms with van der Waals surface area (Å²) < 4.78 is 14.6. The van der Waals surface area contributed by atoms with Crippen molar-refractivity contribution >= 4 is 17.7 Å². The molecule has 1 aliphatic rings. The molecule has 2 aromatic rings. The van der Waals surface area contributed by atoms with Crippen molar-refractivity contribution in [2.75, 3.05) is 31.9 Å². The molecule has 2 heterocycles. The van der Waals surface area contributed by atoms with Crippen LogP contribution in [0.25, 0.3) is 0 Å². The number of aryl methyl sites for hydroxylation is 1. The molecule has 0 radical (unpaired) electrons. The number of thioether (sulfide) groups is 1. The van der Waals surface area contributed by atoms with E-state index in [1.165, 1.54) is 23.9 Å². The lowest BCUT2D eigenvalue weighted by Crippen LogP contribution is -2.35. The minimum atomic E-state index is -0.212. The van der Waals surface area contributed by atoms with Crippen molar-refractivity contribution in [3.63, 3.8) is 0 Å². The summed E-state index contributed by atoms with van der Waals surface area (Å²) in [7, 11) is 1.79. The molecular weight excluding hydrogens is 355 g/mol. The normalized spacial score (nSPS) is 15.8. The third-order valence-corrected chi connectivity index (χ3v) is 5.40. The molecule has 7 nitrogen and oxygen atoms in total. The van der Waals surface area contributed by atoms with Crippen molar-refractivity contribution in [3.05, 3.63) is 35.6 Å². The lowest BCUT2D eigenvalue weighted by atomic mass is 10.2. The lowest BCUT2D eigenvalue weighted by molar-refractivity contribution is -0.130. The van der Waals surface area contributed by atoms with E-state index in [-0.39, 0.29) is 11.7 Å². The summed E-state index contributed by atoms with van der Waals surface area (Å²) in [6.45, 7) is 4.09. The first kappa shape index (κ1) is 18.8. The van der Waals surface area contributed by atoms with Crippen molar-refractivity contribution in [1.29, 1.82) is 0 Å². The zero-order chi connectivity index (χ0) is 18.4. The van der Waals surface area contributed by atoms with Crippen molar-refractivity contribution in [3.8, 4) is 0 Å². The van der Waals surface area contributed by atoms with Gasteiger partial charge < -0.3 is 4.90 Å². The van der Waals surface area contributed by atoms with E-state index in [4.69, 9.17) is 0 Å². The number of tetrazole rings is 1. The largest absolute Gasteiger partial charge is 0.341 e. The molecule has 0 N–H and O–H groups in total. The van der Waals surface area contributed by atoms with E-state index in [1.54, 1.807) is 11.7 Å². The van der Waals surface area contributed by atoms with E-state index in [9.17, 15) is 9.18 Å². The Morgan fingerprint density at radius 2 is 2.00 bits per heavy atom. The van der Waals surface area contributed by atoms with Gasteiger partial charge in [-0.2, -0.15) is 0 Å². The van der Waals surface area contributed by atoms with Crippen molar-refractivity contribution in [2.24, 2.45) is 7.05 Å². The molecule has 1 aromatic heterocycles. The zero-order valence-electron chi connectivity index (χ0n) is 14.8. The second-order valence-electron chi connectivity index (χ2n) is 6.32. The Morgan fingerprint density at radius 1 is 1.19 bits per heavy atom. The van der Waals surface area contributed by atoms with Crippen molar-refractivity contribution in [2.45, 2.75) is 24.5 Å². The maximum absolute atomic E-state index is 13.0. The summed E-state index contributed by atoms with van der Waals surface area (Å²) >= 11 is 1.49. The fourth-order valence-corrected chi connectivity index (χ4v) is 3.73. The third-order valence-electron chi connectivity index (χ3n) is 4.39. The number of hydrogen-bond donors (Lipinski definition) is 0. The third kappa shape index (κ3) is 5.25. The molecule has 1 aromatic carbocycles. The van der Waals surface area contributed by atoms with Gasteiger partial charge >= 0.3 is 0 Å².